The predicted octanol–water partition coefficient (Wildman–Crippen LogP) is 0.821. The van der Waals surface area contributed by atoms with E-state index in [0.29, 0.717) is 24.9 Å². The van der Waals surface area contributed by atoms with Crippen LogP contribution in [0.5, 0.6) is 0 Å². The van der Waals surface area contributed by atoms with E-state index in [-0.39, 0.29) is 16.1 Å². The topological polar surface area (TPSA) is 81.2 Å². The second-order valence-electron chi connectivity index (χ2n) is 5.84. The Morgan fingerprint density at radius 1 is 1.35 bits per heavy atom. The maximum absolute atomic E-state index is 12.7. The molecule has 0 aromatic carbocycles. The van der Waals surface area contributed by atoms with Gasteiger partial charge in [0, 0.05) is 26.2 Å². The molecular formula is C12H19ClN4O2S. The molecule has 1 aliphatic carbocycles. The summed E-state index contributed by atoms with van der Waals surface area (Å²) in [7, 11) is -1.98. The van der Waals surface area contributed by atoms with E-state index in [9.17, 15) is 8.42 Å². The zero-order valence-corrected chi connectivity index (χ0v) is 12.9. The molecule has 2 N–H and O–H groups in total. The van der Waals surface area contributed by atoms with Crippen molar-refractivity contribution in [2.24, 2.45) is 24.6 Å². The molecule has 8 heteroatoms. The highest BCUT2D eigenvalue weighted by Crippen LogP contribution is 2.38. The summed E-state index contributed by atoms with van der Waals surface area (Å²) >= 11 is 5.97. The van der Waals surface area contributed by atoms with Gasteiger partial charge in [-0.1, -0.05) is 11.6 Å². The zero-order valence-electron chi connectivity index (χ0n) is 11.4. The Morgan fingerprint density at radius 3 is 2.70 bits per heavy atom. The highest BCUT2D eigenvalue weighted by molar-refractivity contribution is 7.89. The van der Waals surface area contributed by atoms with Crippen LogP contribution in [0.2, 0.25) is 5.02 Å². The summed E-state index contributed by atoms with van der Waals surface area (Å²) in [5.41, 5.74) is 5.98. The van der Waals surface area contributed by atoms with E-state index >= 15 is 0 Å². The molecule has 0 radical (unpaired) electrons. The van der Waals surface area contributed by atoms with Crippen molar-refractivity contribution in [3.8, 4) is 0 Å². The number of hydrogen-bond donors (Lipinski definition) is 1. The van der Waals surface area contributed by atoms with Gasteiger partial charge in [-0.05, 0) is 31.1 Å². The lowest BCUT2D eigenvalue weighted by atomic mass is 9.79. The Hall–Kier alpha value is -0.630. The molecule has 1 aromatic heterocycles. The van der Waals surface area contributed by atoms with Crippen LogP contribution in [0.15, 0.2) is 11.2 Å². The molecule has 1 unspecified atom stereocenters. The standard InChI is InChI=1S/C12H19ClN4O2S/c1-16-12(11(13)5-15-16)20(18,19)17-6-8-2-3-10(14)4-9(8)7-17/h5,8-10H,2-4,6-7,14H2,1H3/t8-,9+,10?/m1/s1. The fraction of sp³-hybridized carbons (Fsp3) is 0.750. The number of aryl methyl sites for hydroxylation is 1. The molecule has 2 aliphatic rings. The van der Waals surface area contributed by atoms with Crippen LogP contribution in [0, 0.1) is 11.8 Å². The van der Waals surface area contributed by atoms with Gasteiger partial charge in [0.05, 0.1) is 11.2 Å². The van der Waals surface area contributed by atoms with E-state index < -0.39 is 10.0 Å². The van der Waals surface area contributed by atoms with E-state index in [0.717, 1.165) is 19.3 Å². The van der Waals surface area contributed by atoms with Crippen molar-refractivity contribution in [3.05, 3.63) is 11.2 Å². The minimum absolute atomic E-state index is 0.0853. The molecule has 3 atom stereocenters. The van der Waals surface area contributed by atoms with Crippen molar-refractivity contribution in [1.82, 2.24) is 14.1 Å². The Kier molecular flexibility index (Phi) is 3.56. The first-order valence-corrected chi connectivity index (χ1v) is 8.64. The number of halogens is 1. The van der Waals surface area contributed by atoms with E-state index in [1.165, 1.54) is 10.9 Å². The van der Waals surface area contributed by atoms with Crippen LogP contribution in [-0.4, -0.2) is 41.6 Å². The van der Waals surface area contributed by atoms with Gasteiger partial charge in [-0.25, -0.2) is 8.42 Å². The first-order valence-electron chi connectivity index (χ1n) is 6.83. The molecule has 20 heavy (non-hydrogen) atoms. The zero-order chi connectivity index (χ0) is 14.5. The van der Waals surface area contributed by atoms with Crippen LogP contribution in [-0.2, 0) is 17.1 Å². The molecule has 112 valence electrons. The first kappa shape index (κ1) is 14.3. The van der Waals surface area contributed by atoms with E-state index in [2.05, 4.69) is 5.10 Å². The Labute approximate surface area is 123 Å². The van der Waals surface area contributed by atoms with Crippen LogP contribution in [0.3, 0.4) is 0 Å². The summed E-state index contributed by atoms with van der Waals surface area (Å²) in [6, 6.07) is 0.208. The number of sulfonamides is 1. The van der Waals surface area contributed by atoms with Crippen molar-refractivity contribution in [3.63, 3.8) is 0 Å². The first-order chi connectivity index (χ1) is 9.39. The third kappa shape index (κ3) is 2.26. The maximum Gasteiger partial charge on any atom is 0.261 e. The van der Waals surface area contributed by atoms with E-state index in [1.54, 1.807) is 11.4 Å². The normalized spacial score (nSPS) is 31.4. The van der Waals surface area contributed by atoms with Crippen LogP contribution in [0.25, 0.3) is 0 Å². The number of hydrogen-bond acceptors (Lipinski definition) is 4. The number of nitrogens with two attached hydrogens (primary N) is 1. The monoisotopic (exact) mass is 318 g/mol. The molecule has 0 spiro atoms. The van der Waals surface area contributed by atoms with E-state index in [1.807, 2.05) is 0 Å². The van der Waals surface area contributed by atoms with Crippen LogP contribution < -0.4 is 5.73 Å². The predicted molar refractivity (Wildman–Crippen MR) is 75.8 cm³/mol. The van der Waals surface area contributed by atoms with Gasteiger partial charge < -0.3 is 5.73 Å². The quantitative estimate of drug-likeness (QED) is 0.875. The Balaban J connectivity index is 1.87. The van der Waals surface area contributed by atoms with Crippen molar-refractivity contribution in [2.45, 2.75) is 30.3 Å². The van der Waals surface area contributed by atoms with Gasteiger partial charge in [-0.15, -0.1) is 0 Å². The summed E-state index contributed by atoms with van der Waals surface area (Å²) < 4.78 is 28.3. The number of aromatic nitrogens is 2. The van der Waals surface area contributed by atoms with Crippen molar-refractivity contribution >= 4 is 21.6 Å². The Morgan fingerprint density at radius 2 is 2.05 bits per heavy atom. The SMILES string of the molecule is Cn1ncc(Cl)c1S(=O)(=O)N1C[C@H]2CCC(N)C[C@H]2C1. The molecule has 2 heterocycles. The Bertz CT molecular complexity index is 595. The second-order valence-corrected chi connectivity index (χ2v) is 8.10. The molecule has 0 amide bonds. The molecule has 1 saturated heterocycles. The van der Waals surface area contributed by atoms with Gasteiger partial charge in [0.2, 0.25) is 0 Å². The highest BCUT2D eigenvalue weighted by Gasteiger charge is 2.43. The number of nitrogens with zero attached hydrogens (tertiary/aromatic N) is 3. The molecule has 6 nitrogen and oxygen atoms in total. The average molecular weight is 319 g/mol. The molecule has 3 rings (SSSR count). The molecule has 1 aromatic rings. The van der Waals surface area contributed by atoms with Crippen molar-refractivity contribution in [1.29, 1.82) is 0 Å². The fourth-order valence-corrected chi connectivity index (χ4v) is 5.59. The third-order valence-corrected chi connectivity index (χ3v) is 6.82. The van der Waals surface area contributed by atoms with Crippen LogP contribution in [0.4, 0.5) is 0 Å². The second kappa shape index (κ2) is 4.98. The van der Waals surface area contributed by atoms with Gasteiger partial charge in [-0.3, -0.25) is 4.68 Å². The van der Waals surface area contributed by atoms with E-state index in [4.69, 9.17) is 17.3 Å². The fourth-order valence-electron chi connectivity index (χ4n) is 3.43. The molecule has 1 aliphatic heterocycles. The number of fused-ring (bicyclic) bond motifs is 1. The minimum Gasteiger partial charge on any atom is -0.328 e. The maximum atomic E-state index is 12.7. The lowest BCUT2D eigenvalue weighted by Gasteiger charge is -2.28. The van der Waals surface area contributed by atoms with Crippen molar-refractivity contribution in [2.75, 3.05) is 13.1 Å². The summed E-state index contributed by atoms with van der Waals surface area (Å²) in [5.74, 6) is 0.803. The van der Waals surface area contributed by atoms with Crippen molar-refractivity contribution < 1.29 is 8.42 Å². The van der Waals surface area contributed by atoms with Gasteiger partial charge in [0.25, 0.3) is 10.0 Å². The third-order valence-electron chi connectivity index (χ3n) is 4.48. The number of rotatable bonds is 2. The molecule has 2 fully saturated rings. The van der Waals surface area contributed by atoms with Gasteiger partial charge in [-0.2, -0.15) is 9.40 Å². The lowest BCUT2D eigenvalue weighted by Crippen LogP contribution is -2.32. The van der Waals surface area contributed by atoms with Gasteiger partial charge >= 0.3 is 0 Å². The highest BCUT2D eigenvalue weighted by atomic mass is 35.5. The van der Waals surface area contributed by atoms with Crippen LogP contribution >= 0.6 is 11.6 Å². The smallest absolute Gasteiger partial charge is 0.261 e. The molecule has 0 bridgehead atoms. The lowest BCUT2D eigenvalue weighted by molar-refractivity contribution is 0.271. The summed E-state index contributed by atoms with van der Waals surface area (Å²) in [6.07, 6.45) is 4.28. The van der Waals surface area contributed by atoms with Crippen LogP contribution in [0.1, 0.15) is 19.3 Å². The summed E-state index contributed by atoms with van der Waals surface area (Å²) in [6.45, 7) is 1.11. The van der Waals surface area contributed by atoms with Gasteiger partial charge in [0.1, 0.15) is 0 Å². The average Bonchev–Trinajstić information content (AvgIpc) is 2.93. The van der Waals surface area contributed by atoms with Gasteiger partial charge in [0.15, 0.2) is 5.03 Å². The largest absolute Gasteiger partial charge is 0.328 e. The summed E-state index contributed by atoms with van der Waals surface area (Å²) in [4.78, 5) is 0. The molecular weight excluding hydrogens is 300 g/mol. The minimum atomic E-state index is -3.57. The summed E-state index contributed by atoms with van der Waals surface area (Å²) in [5, 5.41) is 4.18. The molecule has 1 saturated carbocycles.